The number of ether oxygens (including phenoxy) is 2. The highest BCUT2D eigenvalue weighted by molar-refractivity contribution is 5.51. The van der Waals surface area contributed by atoms with Crippen LogP contribution in [0, 0.1) is 5.82 Å². The fourth-order valence-corrected chi connectivity index (χ4v) is 3.30. The van der Waals surface area contributed by atoms with Crippen LogP contribution < -0.4 is 9.64 Å². The van der Waals surface area contributed by atoms with E-state index in [2.05, 4.69) is 17.2 Å². The van der Waals surface area contributed by atoms with Gasteiger partial charge in [-0.15, -0.1) is 0 Å². The Morgan fingerprint density at radius 2 is 1.92 bits per heavy atom. The number of hydrogen-bond donors (Lipinski definition) is 0. The van der Waals surface area contributed by atoms with Gasteiger partial charge in [-0.2, -0.15) is 0 Å². The number of para-hydroxylation sites is 2. The van der Waals surface area contributed by atoms with Crippen molar-refractivity contribution in [2.45, 2.75) is 13.2 Å². The summed E-state index contributed by atoms with van der Waals surface area (Å²) in [5.74, 6) is 0.615. The highest BCUT2D eigenvalue weighted by Crippen LogP contribution is 2.33. The van der Waals surface area contributed by atoms with E-state index in [1.807, 2.05) is 42.0 Å². The van der Waals surface area contributed by atoms with Gasteiger partial charge in [0, 0.05) is 30.2 Å². The Kier molecular flexibility index (Phi) is 4.63. The van der Waals surface area contributed by atoms with Crippen LogP contribution in [-0.2, 0) is 4.74 Å². The number of benzene rings is 2. The molecule has 1 fully saturated rings. The van der Waals surface area contributed by atoms with Crippen molar-refractivity contribution < 1.29 is 13.9 Å². The molecule has 0 amide bonds. The Hall–Kier alpha value is -2.79. The van der Waals surface area contributed by atoms with Gasteiger partial charge in [-0.3, -0.25) is 0 Å². The molecule has 1 aliphatic rings. The molecule has 4 rings (SSSR count). The second-order valence-electron chi connectivity index (χ2n) is 6.15. The summed E-state index contributed by atoms with van der Waals surface area (Å²) in [5.41, 5.74) is 3.00. The van der Waals surface area contributed by atoms with Crippen LogP contribution in [-0.4, -0.2) is 24.3 Å². The van der Waals surface area contributed by atoms with Crippen molar-refractivity contribution in [2.75, 3.05) is 24.7 Å². The van der Waals surface area contributed by atoms with Gasteiger partial charge < -0.3 is 18.9 Å². The summed E-state index contributed by atoms with van der Waals surface area (Å²) in [6.45, 7) is 4.01. The lowest BCUT2D eigenvalue weighted by molar-refractivity contribution is 0.114. The van der Waals surface area contributed by atoms with Gasteiger partial charge in [0.25, 0.3) is 0 Å². The van der Waals surface area contributed by atoms with Crippen LogP contribution >= 0.6 is 0 Å². The molecule has 2 aromatic carbocycles. The van der Waals surface area contributed by atoms with Crippen molar-refractivity contribution in [1.29, 1.82) is 0 Å². The van der Waals surface area contributed by atoms with Crippen molar-refractivity contribution in [3.63, 3.8) is 0 Å². The molecule has 1 aromatic heterocycles. The van der Waals surface area contributed by atoms with Gasteiger partial charge >= 0.3 is 0 Å². The topological polar surface area (TPSA) is 26.6 Å². The molecule has 4 nitrogen and oxygen atoms in total. The fraction of sp³-hybridized carbons (Fsp3) is 0.238. The van der Waals surface area contributed by atoms with E-state index in [4.69, 9.17) is 9.47 Å². The maximum atomic E-state index is 13.2. The zero-order chi connectivity index (χ0) is 17.9. The molecule has 0 spiro atoms. The van der Waals surface area contributed by atoms with Gasteiger partial charge in [0.05, 0.1) is 18.9 Å². The summed E-state index contributed by atoms with van der Waals surface area (Å²) < 4.78 is 26.9. The van der Waals surface area contributed by atoms with E-state index in [1.165, 1.54) is 12.1 Å². The average Bonchev–Trinajstić information content (AvgIpc) is 3.32. The normalized spacial score (nSPS) is 16.8. The number of nitrogens with zero attached hydrogens (tertiary/aromatic N) is 2. The second-order valence-corrected chi connectivity index (χ2v) is 6.15. The SMILES string of the molecule is CCOc1ccccc1-n1ccc(C2OCCN2c2ccc(F)cc2)c1. The summed E-state index contributed by atoms with van der Waals surface area (Å²) in [7, 11) is 0. The van der Waals surface area contributed by atoms with Gasteiger partial charge in [-0.25, -0.2) is 4.39 Å². The second kappa shape index (κ2) is 7.22. The smallest absolute Gasteiger partial charge is 0.158 e. The molecule has 1 aliphatic heterocycles. The summed E-state index contributed by atoms with van der Waals surface area (Å²) in [5, 5.41) is 0. The van der Waals surface area contributed by atoms with E-state index in [9.17, 15) is 4.39 Å². The minimum atomic E-state index is -0.232. The van der Waals surface area contributed by atoms with Gasteiger partial charge in [-0.05, 0) is 49.4 Å². The maximum absolute atomic E-state index is 13.2. The first-order chi connectivity index (χ1) is 12.8. The van der Waals surface area contributed by atoms with E-state index in [1.54, 1.807) is 12.1 Å². The molecule has 134 valence electrons. The number of hydrogen-bond acceptors (Lipinski definition) is 3. The Labute approximate surface area is 152 Å². The summed E-state index contributed by atoms with van der Waals surface area (Å²) in [6.07, 6.45) is 3.89. The molecule has 5 heteroatoms. The Balaban J connectivity index is 1.62. The number of rotatable bonds is 5. The highest BCUT2D eigenvalue weighted by atomic mass is 19.1. The Morgan fingerprint density at radius 1 is 1.12 bits per heavy atom. The minimum Gasteiger partial charge on any atom is -0.492 e. The summed E-state index contributed by atoms with van der Waals surface area (Å²) >= 11 is 0. The Bertz CT molecular complexity index is 876. The molecule has 3 aromatic rings. The van der Waals surface area contributed by atoms with Crippen molar-refractivity contribution >= 4 is 5.69 Å². The molecule has 2 heterocycles. The van der Waals surface area contributed by atoms with Crippen LogP contribution in [0.1, 0.15) is 18.7 Å². The molecule has 0 N–H and O–H groups in total. The molecule has 0 aliphatic carbocycles. The molecule has 0 bridgehead atoms. The van der Waals surface area contributed by atoms with Gasteiger partial charge in [0.1, 0.15) is 11.6 Å². The predicted octanol–water partition coefficient (Wildman–Crippen LogP) is 4.55. The number of aromatic nitrogens is 1. The third-order valence-electron chi connectivity index (χ3n) is 4.49. The quantitative estimate of drug-likeness (QED) is 0.674. The van der Waals surface area contributed by atoms with E-state index in [0.29, 0.717) is 13.2 Å². The molecule has 0 saturated carbocycles. The molecule has 1 saturated heterocycles. The molecule has 0 radical (unpaired) electrons. The van der Waals surface area contributed by atoms with Crippen LogP contribution in [0.15, 0.2) is 67.0 Å². The lowest BCUT2D eigenvalue weighted by Gasteiger charge is -2.24. The average molecular weight is 352 g/mol. The number of halogens is 1. The lowest BCUT2D eigenvalue weighted by Crippen LogP contribution is -2.22. The Morgan fingerprint density at radius 3 is 2.73 bits per heavy atom. The molecular weight excluding hydrogens is 331 g/mol. The van der Waals surface area contributed by atoms with Crippen LogP contribution in [0.4, 0.5) is 10.1 Å². The standard InChI is InChI=1S/C21H21FN2O2/c1-2-25-20-6-4-3-5-19(20)23-12-11-16(15-23)21-24(13-14-26-21)18-9-7-17(22)8-10-18/h3-12,15,21H,2,13-14H2,1H3. The van der Waals surface area contributed by atoms with E-state index >= 15 is 0 Å². The summed E-state index contributed by atoms with van der Waals surface area (Å²) in [4.78, 5) is 2.15. The van der Waals surface area contributed by atoms with Gasteiger partial charge in [0.15, 0.2) is 6.23 Å². The van der Waals surface area contributed by atoms with Crippen LogP contribution in [0.25, 0.3) is 5.69 Å². The summed E-state index contributed by atoms with van der Waals surface area (Å²) in [6, 6.07) is 16.6. The minimum absolute atomic E-state index is 0.180. The third-order valence-corrected chi connectivity index (χ3v) is 4.49. The van der Waals surface area contributed by atoms with Crippen LogP contribution in [0.5, 0.6) is 5.75 Å². The van der Waals surface area contributed by atoms with Gasteiger partial charge in [-0.1, -0.05) is 12.1 Å². The molecule has 26 heavy (non-hydrogen) atoms. The first-order valence-electron chi connectivity index (χ1n) is 8.80. The zero-order valence-corrected chi connectivity index (χ0v) is 14.6. The largest absolute Gasteiger partial charge is 0.492 e. The first-order valence-corrected chi connectivity index (χ1v) is 8.80. The number of anilines is 1. The first kappa shape index (κ1) is 16.7. The monoisotopic (exact) mass is 352 g/mol. The molecule has 1 atom stereocenters. The maximum Gasteiger partial charge on any atom is 0.158 e. The van der Waals surface area contributed by atoms with E-state index in [-0.39, 0.29) is 12.0 Å². The lowest BCUT2D eigenvalue weighted by atomic mass is 10.2. The zero-order valence-electron chi connectivity index (χ0n) is 14.6. The van der Waals surface area contributed by atoms with E-state index in [0.717, 1.165) is 29.2 Å². The molecular formula is C21H21FN2O2. The van der Waals surface area contributed by atoms with Gasteiger partial charge in [0.2, 0.25) is 0 Å². The third kappa shape index (κ3) is 3.18. The van der Waals surface area contributed by atoms with Crippen molar-refractivity contribution in [3.05, 3.63) is 78.4 Å². The van der Waals surface area contributed by atoms with Crippen molar-refractivity contribution in [1.82, 2.24) is 4.57 Å². The van der Waals surface area contributed by atoms with Crippen molar-refractivity contribution in [2.24, 2.45) is 0 Å². The van der Waals surface area contributed by atoms with Crippen LogP contribution in [0.2, 0.25) is 0 Å². The van der Waals surface area contributed by atoms with Crippen molar-refractivity contribution in [3.8, 4) is 11.4 Å². The molecule has 1 unspecified atom stereocenters. The van der Waals surface area contributed by atoms with Crippen LogP contribution in [0.3, 0.4) is 0 Å². The van der Waals surface area contributed by atoms with E-state index < -0.39 is 0 Å². The highest BCUT2D eigenvalue weighted by Gasteiger charge is 2.28. The predicted molar refractivity (Wildman–Crippen MR) is 99.4 cm³/mol. The fourth-order valence-electron chi connectivity index (χ4n) is 3.30.